The molecule has 0 amide bonds. The Balaban J connectivity index is 1.69. The number of para-hydroxylation sites is 1. The number of aromatic nitrogens is 3. The zero-order chi connectivity index (χ0) is 15.1. The molecule has 1 aliphatic rings. The molecule has 112 valence electrons. The van der Waals surface area contributed by atoms with Crippen molar-refractivity contribution in [3.8, 4) is 0 Å². The van der Waals surface area contributed by atoms with Gasteiger partial charge in [0.15, 0.2) is 0 Å². The molecule has 2 aromatic heterocycles. The van der Waals surface area contributed by atoms with Crippen molar-refractivity contribution in [2.75, 3.05) is 0 Å². The molecule has 3 aromatic rings. The first kappa shape index (κ1) is 13.5. The lowest BCUT2D eigenvalue weighted by molar-refractivity contribution is 0.617. The maximum atomic E-state index is 12.3. The first-order chi connectivity index (χ1) is 10.7. The molecular formula is C17H17N3OS. The minimum absolute atomic E-state index is 0.0782. The van der Waals surface area contributed by atoms with Gasteiger partial charge in [-0.2, -0.15) is 0 Å². The third-order valence-corrected chi connectivity index (χ3v) is 4.88. The smallest absolute Gasteiger partial charge is 0.326 e. The second kappa shape index (κ2) is 5.25. The van der Waals surface area contributed by atoms with Crippen LogP contribution in [0.3, 0.4) is 0 Å². The average molecular weight is 311 g/mol. The fourth-order valence-electron chi connectivity index (χ4n) is 3.44. The van der Waals surface area contributed by atoms with E-state index in [4.69, 9.17) is 12.2 Å². The summed E-state index contributed by atoms with van der Waals surface area (Å²) in [5.74, 6) is 0. The van der Waals surface area contributed by atoms with E-state index in [9.17, 15) is 4.79 Å². The summed E-state index contributed by atoms with van der Waals surface area (Å²) in [6.07, 6.45) is 5.90. The van der Waals surface area contributed by atoms with Gasteiger partial charge < -0.3 is 4.98 Å². The number of H-pyrrole nitrogens is 2. The van der Waals surface area contributed by atoms with E-state index in [1.165, 1.54) is 10.9 Å². The molecule has 0 radical (unpaired) electrons. The number of aryl methyl sites for hydroxylation is 1. The number of nitrogens with one attached hydrogen (secondary N) is 2. The zero-order valence-corrected chi connectivity index (χ0v) is 13.0. The molecule has 1 aliphatic carbocycles. The van der Waals surface area contributed by atoms with Crippen LogP contribution >= 0.6 is 12.2 Å². The Morgan fingerprint density at radius 2 is 2.09 bits per heavy atom. The summed E-state index contributed by atoms with van der Waals surface area (Å²) >= 11 is 5.28. The molecule has 0 fully saturated rings. The lowest BCUT2D eigenvalue weighted by Gasteiger charge is -2.11. The van der Waals surface area contributed by atoms with Crippen molar-refractivity contribution in [2.24, 2.45) is 0 Å². The molecule has 0 saturated heterocycles. The molecule has 4 nitrogen and oxygen atoms in total. The SMILES string of the molecule is O=c1[nH]c(=S)c2c(n1CCc1c[nH]c3ccccc13)CCC2. The Bertz CT molecular complexity index is 964. The fraction of sp³-hybridized carbons (Fsp3) is 0.294. The number of hydrogen-bond acceptors (Lipinski definition) is 2. The van der Waals surface area contributed by atoms with Crippen molar-refractivity contribution in [1.82, 2.24) is 14.5 Å². The van der Waals surface area contributed by atoms with E-state index in [1.807, 2.05) is 22.9 Å². The highest BCUT2D eigenvalue weighted by atomic mass is 32.1. The van der Waals surface area contributed by atoms with Gasteiger partial charge in [0.1, 0.15) is 4.64 Å². The molecule has 0 spiro atoms. The van der Waals surface area contributed by atoms with Gasteiger partial charge in [0, 0.05) is 34.9 Å². The lowest BCUT2D eigenvalue weighted by atomic mass is 10.1. The van der Waals surface area contributed by atoms with Crippen LogP contribution in [0.5, 0.6) is 0 Å². The van der Waals surface area contributed by atoms with Crippen LogP contribution in [0.4, 0.5) is 0 Å². The number of fused-ring (bicyclic) bond motifs is 2. The van der Waals surface area contributed by atoms with Crippen LogP contribution in [-0.4, -0.2) is 14.5 Å². The van der Waals surface area contributed by atoms with E-state index >= 15 is 0 Å². The maximum Gasteiger partial charge on any atom is 0.326 e. The van der Waals surface area contributed by atoms with E-state index in [0.717, 1.165) is 42.5 Å². The zero-order valence-electron chi connectivity index (χ0n) is 12.2. The van der Waals surface area contributed by atoms with Crippen molar-refractivity contribution >= 4 is 23.1 Å². The highest BCUT2D eigenvalue weighted by Gasteiger charge is 2.18. The van der Waals surface area contributed by atoms with Crippen LogP contribution in [0.1, 0.15) is 23.2 Å². The second-order valence-corrected chi connectivity index (χ2v) is 6.21. The molecule has 2 heterocycles. The van der Waals surface area contributed by atoms with Crippen molar-refractivity contribution in [3.63, 3.8) is 0 Å². The Kier molecular flexibility index (Phi) is 3.22. The Labute approximate surface area is 132 Å². The molecule has 0 atom stereocenters. The van der Waals surface area contributed by atoms with Gasteiger partial charge in [-0.05, 0) is 37.3 Å². The number of rotatable bonds is 3. The van der Waals surface area contributed by atoms with Crippen LogP contribution < -0.4 is 5.69 Å². The predicted octanol–water partition coefficient (Wildman–Crippen LogP) is 3.12. The van der Waals surface area contributed by atoms with Gasteiger partial charge in [-0.15, -0.1) is 0 Å². The molecule has 4 rings (SSSR count). The largest absolute Gasteiger partial charge is 0.361 e. The third-order valence-electron chi connectivity index (χ3n) is 4.53. The van der Waals surface area contributed by atoms with Crippen LogP contribution in [0, 0.1) is 4.64 Å². The third kappa shape index (κ3) is 2.13. The van der Waals surface area contributed by atoms with Gasteiger partial charge >= 0.3 is 5.69 Å². The van der Waals surface area contributed by atoms with E-state index in [1.54, 1.807) is 0 Å². The van der Waals surface area contributed by atoms with Crippen molar-refractivity contribution in [2.45, 2.75) is 32.2 Å². The molecule has 2 N–H and O–H groups in total. The van der Waals surface area contributed by atoms with E-state index < -0.39 is 0 Å². The minimum Gasteiger partial charge on any atom is -0.361 e. The molecule has 5 heteroatoms. The van der Waals surface area contributed by atoms with E-state index in [2.05, 4.69) is 22.1 Å². The normalized spacial score (nSPS) is 13.6. The molecule has 0 unspecified atom stereocenters. The summed E-state index contributed by atoms with van der Waals surface area (Å²) in [7, 11) is 0. The molecule has 0 bridgehead atoms. The lowest BCUT2D eigenvalue weighted by Crippen LogP contribution is -2.27. The van der Waals surface area contributed by atoms with Gasteiger partial charge in [0.2, 0.25) is 0 Å². The summed E-state index contributed by atoms with van der Waals surface area (Å²) in [5, 5.41) is 1.23. The minimum atomic E-state index is -0.0782. The van der Waals surface area contributed by atoms with Crippen molar-refractivity contribution in [1.29, 1.82) is 0 Å². The summed E-state index contributed by atoms with van der Waals surface area (Å²) in [5.41, 5.74) is 4.60. The summed E-state index contributed by atoms with van der Waals surface area (Å²) in [6, 6.07) is 8.26. The second-order valence-electron chi connectivity index (χ2n) is 5.80. The quantitative estimate of drug-likeness (QED) is 0.730. The van der Waals surface area contributed by atoms with Gasteiger partial charge in [-0.1, -0.05) is 30.4 Å². The number of nitrogens with zero attached hydrogens (tertiary/aromatic N) is 1. The Hall–Kier alpha value is -2.14. The summed E-state index contributed by atoms with van der Waals surface area (Å²) in [4.78, 5) is 18.4. The van der Waals surface area contributed by atoms with Gasteiger partial charge in [0.05, 0.1) is 0 Å². The predicted molar refractivity (Wildman–Crippen MR) is 89.9 cm³/mol. The molecule has 1 aromatic carbocycles. The summed E-state index contributed by atoms with van der Waals surface area (Å²) < 4.78 is 2.50. The number of hydrogen-bond donors (Lipinski definition) is 2. The highest BCUT2D eigenvalue weighted by Crippen LogP contribution is 2.22. The topological polar surface area (TPSA) is 53.6 Å². The van der Waals surface area contributed by atoms with Crippen LogP contribution in [0.15, 0.2) is 35.3 Å². The summed E-state index contributed by atoms with van der Waals surface area (Å²) in [6.45, 7) is 0.690. The Morgan fingerprint density at radius 3 is 3.00 bits per heavy atom. The van der Waals surface area contributed by atoms with Gasteiger partial charge in [-0.3, -0.25) is 9.55 Å². The monoisotopic (exact) mass is 311 g/mol. The maximum absolute atomic E-state index is 12.3. The fourth-order valence-corrected chi connectivity index (χ4v) is 3.75. The first-order valence-electron chi connectivity index (χ1n) is 7.64. The molecule has 0 saturated carbocycles. The standard InChI is InChI=1S/C17H17N3OS/c21-17-19-16(22)13-5-3-7-15(13)20(17)9-8-11-10-18-14-6-2-1-4-12(11)14/h1-2,4,6,10,18H,3,5,7-9H2,(H,19,21,22). The highest BCUT2D eigenvalue weighted by molar-refractivity contribution is 7.71. The molecular weight excluding hydrogens is 294 g/mol. The van der Waals surface area contributed by atoms with E-state index in [-0.39, 0.29) is 5.69 Å². The van der Waals surface area contributed by atoms with Gasteiger partial charge in [0.25, 0.3) is 0 Å². The molecule has 22 heavy (non-hydrogen) atoms. The molecule has 0 aliphatic heterocycles. The first-order valence-corrected chi connectivity index (χ1v) is 8.05. The van der Waals surface area contributed by atoms with Gasteiger partial charge in [-0.25, -0.2) is 4.79 Å². The average Bonchev–Trinajstić information content (AvgIpc) is 3.14. The van der Waals surface area contributed by atoms with Crippen LogP contribution in [0.2, 0.25) is 0 Å². The van der Waals surface area contributed by atoms with Crippen molar-refractivity contribution < 1.29 is 0 Å². The number of aromatic amines is 2. The van der Waals surface area contributed by atoms with Crippen LogP contribution in [-0.2, 0) is 25.8 Å². The van der Waals surface area contributed by atoms with Crippen molar-refractivity contribution in [3.05, 3.63) is 62.4 Å². The van der Waals surface area contributed by atoms with Crippen LogP contribution in [0.25, 0.3) is 10.9 Å². The number of benzene rings is 1. The Morgan fingerprint density at radius 1 is 1.23 bits per heavy atom. The van der Waals surface area contributed by atoms with E-state index in [0.29, 0.717) is 11.2 Å².